The second kappa shape index (κ2) is 9.26. The van der Waals surface area contributed by atoms with E-state index in [2.05, 4.69) is 0 Å². The molecule has 0 spiro atoms. The van der Waals surface area contributed by atoms with Gasteiger partial charge in [-0.15, -0.1) is 0 Å². The van der Waals surface area contributed by atoms with Crippen molar-refractivity contribution in [2.75, 3.05) is 20.3 Å². The molecule has 1 aromatic carbocycles. The molecular formula is C16H23NO6. The van der Waals surface area contributed by atoms with Crippen LogP contribution in [0.4, 0.5) is 0 Å². The highest BCUT2D eigenvalue weighted by molar-refractivity contribution is 5.92. The summed E-state index contributed by atoms with van der Waals surface area (Å²) < 4.78 is 10.6. The number of hydrogen-bond acceptors (Lipinski definition) is 6. The third kappa shape index (κ3) is 5.04. The Bertz CT molecular complexity index is 540. The maximum atomic E-state index is 11.5. The highest BCUT2D eigenvalue weighted by atomic mass is 16.5. The van der Waals surface area contributed by atoms with Gasteiger partial charge < -0.3 is 19.7 Å². The predicted molar refractivity (Wildman–Crippen MR) is 83.1 cm³/mol. The van der Waals surface area contributed by atoms with Crippen molar-refractivity contribution in [1.82, 2.24) is 5.48 Å². The molecule has 2 atom stereocenters. The van der Waals surface area contributed by atoms with E-state index < -0.39 is 18.1 Å². The largest absolute Gasteiger partial charge is 0.491 e. The second-order valence-electron chi connectivity index (χ2n) is 4.99. The smallest absolute Gasteiger partial charge is 0.270 e. The van der Waals surface area contributed by atoms with Gasteiger partial charge in [0.15, 0.2) is 0 Å². The molecule has 23 heavy (non-hydrogen) atoms. The van der Waals surface area contributed by atoms with Crippen molar-refractivity contribution in [2.45, 2.75) is 26.1 Å². The number of carbonyl (C=O) groups is 1. The van der Waals surface area contributed by atoms with Crippen molar-refractivity contribution in [3.05, 3.63) is 41.0 Å². The maximum absolute atomic E-state index is 11.5. The van der Waals surface area contributed by atoms with Crippen LogP contribution < -0.4 is 10.2 Å². The second-order valence-corrected chi connectivity index (χ2v) is 4.99. The number of nitrogens with one attached hydrogen (secondary N) is 1. The van der Waals surface area contributed by atoms with E-state index in [4.69, 9.17) is 19.8 Å². The molecule has 0 bridgehead atoms. The van der Waals surface area contributed by atoms with Gasteiger partial charge in [-0.2, -0.15) is 0 Å². The van der Waals surface area contributed by atoms with Crippen molar-refractivity contribution in [3.8, 4) is 5.75 Å². The average molecular weight is 325 g/mol. The number of methoxy groups -OCH3 is 1. The maximum Gasteiger partial charge on any atom is 0.270 e. The van der Waals surface area contributed by atoms with E-state index in [1.807, 2.05) is 0 Å². The molecule has 0 aliphatic heterocycles. The molecule has 4 N–H and O–H groups in total. The third-order valence-electron chi connectivity index (χ3n) is 3.58. The summed E-state index contributed by atoms with van der Waals surface area (Å²) in [5, 5.41) is 27.9. The van der Waals surface area contributed by atoms with Crippen LogP contribution in [-0.4, -0.2) is 47.8 Å². The third-order valence-corrected chi connectivity index (χ3v) is 3.58. The van der Waals surface area contributed by atoms with Gasteiger partial charge in [0.05, 0.1) is 6.61 Å². The van der Waals surface area contributed by atoms with Gasteiger partial charge >= 0.3 is 0 Å². The molecule has 0 heterocycles. The van der Waals surface area contributed by atoms with Crippen LogP contribution in [0, 0.1) is 0 Å². The standard InChI is InChI=1S/C16H23NO6/c1-10(11(2)16(20)17-21)15(22-3)14(19)12-4-6-13(7-5-12)23-9-8-18/h4-7,14-15,18-19,21H,8-9H2,1-3H3,(H,17,20)/b11-10+/t14-,15-/m1/s1. The molecule has 128 valence electrons. The van der Waals surface area contributed by atoms with E-state index in [1.54, 1.807) is 36.7 Å². The molecule has 0 aliphatic rings. The highest BCUT2D eigenvalue weighted by Gasteiger charge is 2.25. The fourth-order valence-corrected chi connectivity index (χ4v) is 2.12. The van der Waals surface area contributed by atoms with E-state index in [0.29, 0.717) is 16.9 Å². The predicted octanol–water partition coefficient (Wildman–Crippen LogP) is 0.948. The Morgan fingerprint density at radius 1 is 1.26 bits per heavy atom. The monoisotopic (exact) mass is 325 g/mol. The number of ether oxygens (including phenoxy) is 2. The summed E-state index contributed by atoms with van der Waals surface area (Å²) >= 11 is 0. The molecule has 0 aromatic heterocycles. The number of aliphatic hydroxyl groups excluding tert-OH is 2. The zero-order valence-corrected chi connectivity index (χ0v) is 13.4. The minimum atomic E-state index is -0.992. The molecule has 7 nitrogen and oxygen atoms in total. The lowest BCUT2D eigenvalue weighted by atomic mass is 9.95. The van der Waals surface area contributed by atoms with Crippen LogP contribution in [0.3, 0.4) is 0 Å². The fraction of sp³-hybridized carbons (Fsp3) is 0.438. The first-order valence-corrected chi connectivity index (χ1v) is 7.12. The van der Waals surface area contributed by atoms with Gasteiger partial charge in [-0.25, -0.2) is 5.48 Å². The van der Waals surface area contributed by atoms with E-state index in [9.17, 15) is 9.90 Å². The first-order chi connectivity index (χ1) is 11.0. The summed E-state index contributed by atoms with van der Waals surface area (Å²) in [4.78, 5) is 11.5. The van der Waals surface area contributed by atoms with Crippen molar-refractivity contribution >= 4 is 5.91 Å². The molecule has 1 rings (SSSR count). The SMILES string of the molecule is CO[C@H](/C(C)=C(\C)C(=O)NO)[C@H](O)c1ccc(OCCO)cc1. The van der Waals surface area contributed by atoms with Gasteiger partial charge in [-0.1, -0.05) is 12.1 Å². The first kappa shape index (κ1) is 19.1. The molecule has 0 radical (unpaired) electrons. The number of aliphatic hydroxyl groups is 2. The number of hydrogen-bond donors (Lipinski definition) is 4. The van der Waals surface area contributed by atoms with E-state index >= 15 is 0 Å². The zero-order valence-electron chi connectivity index (χ0n) is 13.4. The summed E-state index contributed by atoms with van der Waals surface area (Å²) in [6.45, 7) is 3.30. The quantitative estimate of drug-likeness (QED) is 0.322. The van der Waals surface area contributed by atoms with Gasteiger partial charge in [0.1, 0.15) is 24.6 Å². The summed E-state index contributed by atoms with van der Waals surface area (Å²) in [5.74, 6) is -0.0726. The number of hydroxylamine groups is 1. The van der Waals surface area contributed by atoms with Crippen LogP contribution in [0.15, 0.2) is 35.4 Å². The lowest BCUT2D eigenvalue weighted by Gasteiger charge is -2.24. The Morgan fingerprint density at radius 3 is 2.35 bits per heavy atom. The fourth-order valence-electron chi connectivity index (χ4n) is 2.12. The molecule has 0 fully saturated rings. The van der Waals surface area contributed by atoms with Gasteiger partial charge in [-0.3, -0.25) is 10.0 Å². The van der Waals surface area contributed by atoms with Gasteiger partial charge in [-0.05, 0) is 37.1 Å². The molecule has 0 aliphatic carbocycles. The number of amides is 1. The number of benzene rings is 1. The van der Waals surface area contributed by atoms with Gasteiger partial charge in [0.2, 0.25) is 0 Å². The van der Waals surface area contributed by atoms with E-state index in [1.165, 1.54) is 14.0 Å². The summed E-state index contributed by atoms with van der Waals surface area (Å²) in [5.41, 5.74) is 2.92. The minimum Gasteiger partial charge on any atom is -0.491 e. The molecule has 0 saturated carbocycles. The molecular weight excluding hydrogens is 302 g/mol. The van der Waals surface area contributed by atoms with Gasteiger partial charge in [0, 0.05) is 12.7 Å². The van der Waals surface area contributed by atoms with Crippen LogP contribution in [0.5, 0.6) is 5.75 Å². The molecule has 0 unspecified atom stereocenters. The lowest BCUT2D eigenvalue weighted by Crippen LogP contribution is -2.27. The topological polar surface area (TPSA) is 108 Å². The van der Waals surface area contributed by atoms with Crippen LogP contribution in [0.1, 0.15) is 25.5 Å². The average Bonchev–Trinajstić information content (AvgIpc) is 2.59. The van der Waals surface area contributed by atoms with Crippen LogP contribution >= 0.6 is 0 Å². The van der Waals surface area contributed by atoms with E-state index in [-0.39, 0.29) is 18.8 Å². The zero-order chi connectivity index (χ0) is 17.4. The molecule has 0 saturated heterocycles. The Kier molecular flexibility index (Phi) is 7.70. The van der Waals surface area contributed by atoms with Crippen molar-refractivity contribution in [1.29, 1.82) is 0 Å². The number of rotatable bonds is 8. The first-order valence-electron chi connectivity index (χ1n) is 7.12. The normalized spacial score (nSPS) is 14.7. The molecule has 7 heteroatoms. The highest BCUT2D eigenvalue weighted by Crippen LogP contribution is 2.27. The van der Waals surface area contributed by atoms with Crippen molar-refractivity contribution < 1.29 is 29.7 Å². The Balaban J connectivity index is 2.96. The number of carbonyl (C=O) groups excluding carboxylic acids is 1. The van der Waals surface area contributed by atoms with Crippen molar-refractivity contribution in [3.63, 3.8) is 0 Å². The Hall–Kier alpha value is -1.93. The molecule has 1 aromatic rings. The van der Waals surface area contributed by atoms with Crippen LogP contribution in [0.25, 0.3) is 0 Å². The van der Waals surface area contributed by atoms with E-state index in [0.717, 1.165) is 0 Å². The van der Waals surface area contributed by atoms with Crippen LogP contribution in [0.2, 0.25) is 0 Å². The van der Waals surface area contributed by atoms with Crippen molar-refractivity contribution in [2.24, 2.45) is 0 Å². The lowest BCUT2D eigenvalue weighted by molar-refractivity contribution is -0.125. The van der Waals surface area contributed by atoms with Gasteiger partial charge in [0.25, 0.3) is 5.91 Å². The molecule has 1 amide bonds. The summed E-state index contributed by atoms with van der Waals surface area (Å²) in [6, 6.07) is 6.71. The summed E-state index contributed by atoms with van der Waals surface area (Å²) in [7, 11) is 1.43. The Morgan fingerprint density at radius 2 is 1.87 bits per heavy atom. The van der Waals surface area contributed by atoms with Crippen LogP contribution in [-0.2, 0) is 9.53 Å². The minimum absolute atomic E-state index is 0.0771. The Labute approximate surface area is 135 Å². The summed E-state index contributed by atoms with van der Waals surface area (Å²) in [6.07, 6.45) is -1.73.